The van der Waals surface area contributed by atoms with Crippen LogP contribution in [0.25, 0.3) is 0 Å². The molecule has 0 radical (unpaired) electrons. The van der Waals surface area contributed by atoms with Gasteiger partial charge in [0, 0.05) is 12.5 Å². The molecule has 1 atom stereocenters. The van der Waals surface area contributed by atoms with Gasteiger partial charge in [-0.15, -0.1) is 0 Å². The summed E-state index contributed by atoms with van der Waals surface area (Å²) < 4.78 is 3.11. The SMILES string of the molecule is CN1CCC(c2nc(Br)c3n2CCCC3O)CC1. The molecule has 3 heterocycles. The summed E-state index contributed by atoms with van der Waals surface area (Å²) in [6.07, 6.45) is 3.92. The maximum atomic E-state index is 10.1. The zero-order valence-corrected chi connectivity index (χ0v) is 12.4. The molecule has 0 amide bonds. The average molecular weight is 314 g/mol. The third-order valence-corrected chi connectivity index (χ3v) is 4.83. The van der Waals surface area contributed by atoms with Crippen LogP contribution in [-0.2, 0) is 6.54 Å². The number of hydrogen-bond donors (Lipinski definition) is 1. The molecule has 1 unspecified atom stereocenters. The van der Waals surface area contributed by atoms with Crippen LogP contribution in [0.4, 0.5) is 0 Å². The first kappa shape index (κ1) is 12.6. The van der Waals surface area contributed by atoms with Crippen molar-refractivity contribution >= 4 is 15.9 Å². The maximum Gasteiger partial charge on any atom is 0.130 e. The van der Waals surface area contributed by atoms with E-state index >= 15 is 0 Å². The zero-order valence-electron chi connectivity index (χ0n) is 10.8. The number of imidazole rings is 1. The monoisotopic (exact) mass is 313 g/mol. The molecule has 1 N–H and O–H groups in total. The van der Waals surface area contributed by atoms with E-state index in [1.165, 1.54) is 18.7 Å². The first-order valence-corrected chi connectivity index (χ1v) is 7.58. The summed E-state index contributed by atoms with van der Waals surface area (Å²) in [6, 6.07) is 0. The zero-order chi connectivity index (χ0) is 12.7. The van der Waals surface area contributed by atoms with Gasteiger partial charge in [0.1, 0.15) is 10.4 Å². The Bertz CT molecular complexity index is 438. The predicted octanol–water partition coefficient (Wildman–Crippen LogP) is 2.28. The van der Waals surface area contributed by atoms with Gasteiger partial charge in [-0.25, -0.2) is 4.98 Å². The third kappa shape index (κ3) is 2.12. The molecular formula is C13H20BrN3O. The van der Waals surface area contributed by atoms with Gasteiger partial charge in [0.25, 0.3) is 0 Å². The molecule has 18 heavy (non-hydrogen) atoms. The van der Waals surface area contributed by atoms with Crippen LogP contribution >= 0.6 is 15.9 Å². The summed E-state index contributed by atoms with van der Waals surface area (Å²) in [6.45, 7) is 3.30. The van der Waals surface area contributed by atoms with Crippen molar-refractivity contribution in [3.05, 3.63) is 16.1 Å². The fourth-order valence-corrected chi connectivity index (χ4v) is 3.82. The van der Waals surface area contributed by atoms with E-state index in [2.05, 4.69) is 32.4 Å². The molecular weight excluding hydrogens is 294 g/mol. The molecule has 5 heteroatoms. The summed E-state index contributed by atoms with van der Waals surface area (Å²) in [5, 5.41) is 10.1. The van der Waals surface area contributed by atoms with E-state index in [1.54, 1.807) is 0 Å². The van der Waals surface area contributed by atoms with Gasteiger partial charge in [-0.2, -0.15) is 0 Å². The number of hydrogen-bond acceptors (Lipinski definition) is 3. The number of aliphatic hydroxyl groups excluding tert-OH is 1. The molecule has 1 aromatic heterocycles. The second-order valence-electron chi connectivity index (χ2n) is 5.53. The van der Waals surface area contributed by atoms with Crippen LogP contribution in [0, 0.1) is 0 Å². The van der Waals surface area contributed by atoms with Crippen molar-refractivity contribution < 1.29 is 5.11 Å². The molecule has 0 aliphatic carbocycles. The lowest BCUT2D eigenvalue weighted by Crippen LogP contribution is -2.31. The van der Waals surface area contributed by atoms with Crippen LogP contribution in [-0.4, -0.2) is 39.7 Å². The number of nitrogens with zero attached hydrogens (tertiary/aromatic N) is 3. The minimum absolute atomic E-state index is 0.347. The molecule has 3 rings (SSSR count). The van der Waals surface area contributed by atoms with Crippen molar-refractivity contribution in [1.82, 2.24) is 14.5 Å². The van der Waals surface area contributed by atoms with Crippen LogP contribution < -0.4 is 0 Å². The Labute approximate surface area is 116 Å². The Morgan fingerprint density at radius 3 is 2.67 bits per heavy atom. The number of likely N-dealkylation sites (tertiary alicyclic amines) is 1. The van der Waals surface area contributed by atoms with E-state index in [-0.39, 0.29) is 6.10 Å². The average Bonchev–Trinajstić information content (AvgIpc) is 2.69. The van der Waals surface area contributed by atoms with Crippen LogP contribution in [0.1, 0.15) is 49.2 Å². The molecule has 2 aliphatic heterocycles. The first-order valence-electron chi connectivity index (χ1n) is 6.79. The van der Waals surface area contributed by atoms with Crippen LogP contribution in [0.15, 0.2) is 4.60 Å². The Hall–Kier alpha value is -0.390. The van der Waals surface area contributed by atoms with Gasteiger partial charge in [0.15, 0.2) is 0 Å². The highest BCUT2D eigenvalue weighted by molar-refractivity contribution is 9.10. The standard InChI is InChI=1S/C13H20BrN3O/c1-16-7-4-9(5-8-16)13-15-12(14)11-10(18)3-2-6-17(11)13/h9-10,18H,2-8H2,1H3. The maximum absolute atomic E-state index is 10.1. The molecule has 0 aromatic carbocycles. The van der Waals surface area contributed by atoms with E-state index < -0.39 is 0 Å². The van der Waals surface area contributed by atoms with Crippen molar-refractivity contribution in [2.24, 2.45) is 0 Å². The van der Waals surface area contributed by atoms with Crippen molar-refractivity contribution in [2.45, 2.75) is 44.2 Å². The van der Waals surface area contributed by atoms with E-state index in [0.29, 0.717) is 5.92 Å². The van der Waals surface area contributed by atoms with E-state index in [0.717, 1.165) is 42.8 Å². The Morgan fingerprint density at radius 2 is 1.94 bits per heavy atom. The second-order valence-corrected chi connectivity index (χ2v) is 6.28. The summed E-state index contributed by atoms with van der Waals surface area (Å²) in [7, 11) is 2.18. The number of rotatable bonds is 1. The smallest absolute Gasteiger partial charge is 0.130 e. The Balaban J connectivity index is 1.91. The minimum atomic E-state index is -0.347. The lowest BCUT2D eigenvalue weighted by Gasteiger charge is -2.30. The molecule has 100 valence electrons. The van der Waals surface area contributed by atoms with Gasteiger partial charge in [-0.3, -0.25) is 0 Å². The topological polar surface area (TPSA) is 41.3 Å². The van der Waals surface area contributed by atoms with Crippen LogP contribution in [0.2, 0.25) is 0 Å². The highest BCUT2D eigenvalue weighted by Gasteiger charge is 2.30. The normalized spacial score (nSPS) is 26.3. The van der Waals surface area contributed by atoms with Gasteiger partial charge >= 0.3 is 0 Å². The third-order valence-electron chi connectivity index (χ3n) is 4.25. The van der Waals surface area contributed by atoms with E-state index in [4.69, 9.17) is 4.98 Å². The molecule has 2 aliphatic rings. The molecule has 0 saturated carbocycles. The highest BCUT2D eigenvalue weighted by Crippen LogP contribution is 2.36. The predicted molar refractivity (Wildman–Crippen MR) is 73.6 cm³/mol. The number of aliphatic hydroxyl groups is 1. The molecule has 1 fully saturated rings. The molecule has 1 aromatic rings. The number of piperidine rings is 1. The Morgan fingerprint density at radius 1 is 1.22 bits per heavy atom. The van der Waals surface area contributed by atoms with Crippen molar-refractivity contribution in [3.8, 4) is 0 Å². The molecule has 1 saturated heterocycles. The van der Waals surface area contributed by atoms with Crippen LogP contribution in [0.3, 0.4) is 0 Å². The lowest BCUT2D eigenvalue weighted by molar-refractivity contribution is 0.136. The number of fused-ring (bicyclic) bond motifs is 1. The number of halogens is 1. The quantitative estimate of drug-likeness (QED) is 0.865. The van der Waals surface area contributed by atoms with Gasteiger partial charge in [-0.05, 0) is 61.8 Å². The second kappa shape index (κ2) is 4.94. The summed E-state index contributed by atoms with van der Waals surface area (Å²) in [5.41, 5.74) is 0.996. The van der Waals surface area contributed by atoms with Gasteiger partial charge in [-0.1, -0.05) is 0 Å². The van der Waals surface area contributed by atoms with Crippen molar-refractivity contribution in [3.63, 3.8) is 0 Å². The minimum Gasteiger partial charge on any atom is -0.387 e. The van der Waals surface area contributed by atoms with Gasteiger partial charge < -0.3 is 14.6 Å². The lowest BCUT2D eigenvalue weighted by atomic mass is 9.96. The fourth-order valence-electron chi connectivity index (χ4n) is 3.16. The van der Waals surface area contributed by atoms with Crippen molar-refractivity contribution in [2.75, 3.05) is 20.1 Å². The summed E-state index contributed by atoms with van der Waals surface area (Å²) in [4.78, 5) is 7.07. The van der Waals surface area contributed by atoms with E-state index in [1.807, 2.05) is 0 Å². The van der Waals surface area contributed by atoms with Gasteiger partial charge in [0.2, 0.25) is 0 Å². The van der Waals surface area contributed by atoms with Crippen molar-refractivity contribution in [1.29, 1.82) is 0 Å². The highest BCUT2D eigenvalue weighted by atomic mass is 79.9. The van der Waals surface area contributed by atoms with Gasteiger partial charge in [0.05, 0.1) is 11.8 Å². The largest absolute Gasteiger partial charge is 0.387 e. The number of aromatic nitrogens is 2. The molecule has 0 bridgehead atoms. The van der Waals surface area contributed by atoms with E-state index in [9.17, 15) is 5.11 Å². The first-order chi connectivity index (χ1) is 8.66. The Kier molecular flexibility index (Phi) is 3.47. The summed E-state index contributed by atoms with van der Waals surface area (Å²) in [5.74, 6) is 1.74. The summed E-state index contributed by atoms with van der Waals surface area (Å²) >= 11 is 3.52. The molecule has 0 spiro atoms. The molecule has 4 nitrogen and oxygen atoms in total. The fraction of sp³-hybridized carbons (Fsp3) is 0.769. The van der Waals surface area contributed by atoms with Crippen LogP contribution in [0.5, 0.6) is 0 Å².